The molecule has 0 unspecified atom stereocenters. The van der Waals surface area contributed by atoms with Crippen molar-refractivity contribution in [1.29, 1.82) is 0 Å². The molecule has 170 valence electrons. The number of furan rings is 1. The third kappa shape index (κ3) is 3.99. The normalized spacial score (nSPS) is 19.6. The van der Waals surface area contributed by atoms with Crippen molar-refractivity contribution >= 4 is 22.7 Å². The van der Waals surface area contributed by atoms with Crippen molar-refractivity contribution in [3.05, 3.63) is 77.3 Å². The number of aromatic hydroxyl groups is 1. The Labute approximate surface area is 190 Å². The van der Waals surface area contributed by atoms with Gasteiger partial charge in [-0.15, -0.1) is 0 Å². The van der Waals surface area contributed by atoms with E-state index in [0.717, 1.165) is 18.5 Å². The summed E-state index contributed by atoms with van der Waals surface area (Å²) in [5.74, 6) is -1.66. The molecule has 1 aromatic heterocycles. The second-order valence-electron chi connectivity index (χ2n) is 8.35. The van der Waals surface area contributed by atoms with Gasteiger partial charge in [-0.05, 0) is 29.8 Å². The number of ketones is 1. The van der Waals surface area contributed by atoms with Gasteiger partial charge in [0.05, 0.1) is 37.9 Å². The number of carbonyl (C=O) groups excluding carboxylic acids is 2. The van der Waals surface area contributed by atoms with E-state index in [1.54, 1.807) is 30.3 Å². The minimum absolute atomic E-state index is 0.0145. The highest BCUT2D eigenvalue weighted by atomic mass is 16.5. The van der Waals surface area contributed by atoms with E-state index in [-0.39, 0.29) is 17.1 Å². The van der Waals surface area contributed by atoms with Gasteiger partial charge in [0.25, 0.3) is 5.91 Å². The molecule has 5 rings (SSSR count). The summed E-state index contributed by atoms with van der Waals surface area (Å²) in [7, 11) is 0. The number of hydrogen-bond acceptors (Lipinski definition) is 6. The molecule has 33 heavy (non-hydrogen) atoms. The van der Waals surface area contributed by atoms with Crippen molar-refractivity contribution < 1.29 is 33.9 Å². The molecule has 0 radical (unpaired) electrons. The molecule has 3 N–H and O–H groups in total. The molecule has 2 aliphatic rings. The number of carbonyl (C=O) groups is 2. The van der Waals surface area contributed by atoms with Crippen molar-refractivity contribution in [3.63, 3.8) is 0 Å². The molecule has 2 aromatic carbocycles. The van der Waals surface area contributed by atoms with Gasteiger partial charge in [0.15, 0.2) is 11.5 Å². The third-order valence-corrected chi connectivity index (χ3v) is 6.29. The maximum Gasteiger partial charge on any atom is 0.290 e. The fourth-order valence-electron chi connectivity index (χ4n) is 4.57. The van der Waals surface area contributed by atoms with Crippen LogP contribution in [0.3, 0.4) is 0 Å². The van der Waals surface area contributed by atoms with Crippen LogP contribution in [-0.2, 0) is 9.53 Å². The first-order valence-corrected chi connectivity index (χ1v) is 11.0. The van der Waals surface area contributed by atoms with Gasteiger partial charge in [-0.1, -0.05) is 30.3 Å². The zero-order chi connectivity index (χ0) is 22.9. The number of hydrogen-bond donors (Lipinski definition) is 3. The average Bonchev–Trinajstić information content (AvgIpc) is 3.37. The Morgan fingerprint density at radius 2 is 1.85 bits per heavy atom. The number of rotatable bonds is 6. The van der Waals surface area contributed by atoms with Crippen LogP contribution < -0.4 is 4.90 Å². The van der Waals surface area contributed by atoms with E-state index in [0.29, 0.717) is 37.4 Å². The molecule has 8 heteroatoms. The van der Waals surface area contributed by atoms with Crippen molar-refractivity contribution in [2.24, 2.45) is 0 Å². The van der Waals surface area contributed by atoms with Crippen molar-refractivity contribution in [3.8, 4) is 5.75 Å². The maximum absolute atomic E-state index is 13.5. The van der Waals surface area contributed by atoms with E-state index < -0.39 is 23.5 Å². The quantitative estimate of drug-likeness (QED) is 0.494. The SMILES string of the molecule is O=C(C1=C(O)C(=O)N(CC[NH+]2CCOCC2)[C@@H]1c1cccc(O)c1)c1cc2ccccc2o1. The standard InChI is InChI=1S/C25H24N2O6/c28-18-6-3-5-17(14-18)22-21(23(29)20-15-16-4-1-2-7-19(16)33-20)24(30)25(31)27(22)9-8-26-10-12-32-13-11-26/h1-7,14-15,22,28,30H,8-13H2/p+1/t22-/m1/s1. The number of phenolic OH excluding ortho intramolecular Hbond substituents is 1. The first-order valence-electron chi connectivity index (χ1n) is 11.0. The summed E-state index contributed by atoms with van der Waals surface area (Å²) in [6.45, 7) is 4.00. The molecule has 3 aromatic rings. The molecule has 1 fully saturated rings. The van der Waals surface area contributed by atoms with Gasteiger partial charge in [-0.25, -0.2) is 0 Å². The zero-order valence-electron chi connectivity index (χ0n) is 18.0. The first kappa shape index (κ1) is 21.2. The van der Waals surface area contributed by atoms with Crippen LogP contribution in [0.4, 0.5) is 0 Å². The molecule has 2 aliphatic heterocycles. The van der Waals surface area contributed by atoms with E-state index in [1.807, 2.05) is 12.1 Å². The second-order valence-corrected chi connectivity index (χ2v) is 8.35. The Hall–Kier alpha value is -3.62. The van der Waals surface area contributed by atoms with Crippen LogP contribution in [0.2, 0.25) is 0 Å². The van der Waals surface area contributed by atoms with Gasteiger partial charge in [-0.2, -0.15) is 0 Å². The number of nitrogens with one attached hydrogen (secondary N) is 1. The molecule has 0 aliphatic carbocycles. The van der Waals surface area contributed by atoms with Crippen LogP contribution in [0.5, 0.6) is 5.75 Å². The van der Waals surface area contributed by atoms with E-state index in [4.69, 9.17) is 9.15 Å². The van der Waals surface area contributed by atoms with Crippen molar-refractivity contribution in [2.45, 2.75) is 6.04 Å². The van der Waals surface area contributed by atoms with Crippen molar-refractivity contribution in [1.82, 2.24) is 4.90 Å². The summed E-state index contributed by atoms with van der Waals surface area (Å²) in [5, 5.41) is 21.6. The number of quaternary nitrogens is 1. The highest BCUT2D eigenvalue weighted by molar-refractivity contribution is 6.16. The number of ether oxygens (including phenoxy) is 1. The molecule has 0 bridgehead atoms. The molecule has 1 saturated heterocycles. The summed E-state index contributed by atoms with van der Waals surface area (Å²) in [4.78, 5) is 29.4. The van der Waals surface area contributed by atoms with E-state index in [1.165, 1.54) is 21.9 Å². The predicted octanol–water partition coefficient (Wildman–Crippen LogP) is 1.63. The molecule has 0 spiro atoms. The molecule has 8 nitrogen and oxygen atoms in total. The Morgan fingerprint density at radius 3 is 2.61 bits per heavy atom. The van der Waals surface area contributed by atoms with E-state index in [2.05, 4.69) is 0 Å². The fourth-order valence-corrected chi connectivity index (χ4v) is 4.57. The molecule has 3 heterocycles. The lowest BCUT2D eigenvalue weighted by Crippen LogP contribution is -3.14. The van der Waals surface area contributed by atoms with Crippen LogP contribution in [0, 0.1) is 0 Å². The summed E-state index contributed by atoms with van der Waals surface area (Å²) in [6, 6.07) is 14.4. The van der Waals surface area contributed by atoms with Crippen LogP contribution in [-0.4, -0.2) is 66.2 Å². The minimum atomic E-state index is -0.828. The molecular formula is C25H25N2O6+. The number of phenols is 1. The number of Topliss-reactive ketones (excluding diaryl/α,β-unsaturated/α-hetero) is 1. The number of aliphatic hydroxyl groups excluding tert-OH is 1. The number of nitrogens with zero attached hydrogens (tertiary/aromatic N) is 1. The highest BCUT2D eigenvalue weighted by Gasteiger charge is 2.45. The number of para-hydroxylation sites is 1. The smallest absolute Gasteiger partial charge is 0.290 e. The van der Waals surface area contributed by atoms with Crippen LogP contribution in [0.25, 0.3) is 11.0 Å². The minimum Gasteiger partial charge on any atom is -0.508 e. The Balaban J connectivity index is 1.51. The second kappa shape index (κ2) is 8.73. The zero-order valence-corrected chi connectivity index (χ0v) is 18.0. The predicted molar refractivity (Wildman–Crippen MR) is 119 cm³/mol. The van der Waals surface area contributed by atoms with Gasteiger partial charge in [0.1, 0.15) is 24.4 Å². The Bertz CT molecular complexity index is 1210. The van der Waals surface area contributed by atoms with Gasteiger partial charge in [-0.3, -0.25) is 9.59 Å². The summed E-state index contributed by atoms with van der Waals surface area (Å²) in [6.07, 6.45) is 0. The third-order valence-electron chi connectivity index (χ3n) is 6.29. The number of amides is 1. The lowest BCUT2D eigenvalue weighted by molar-refractivity contribution is -0.907. The molecule has 0 saturated carbocycles. The highest BCUT2D eigenvalue weighted by Crippen LogP contribution is 2.40. The van der Waals surface area contributed by atoms with Gasteiger partial charge in [0.2, 0.25) is 5.78 Å². The van der Waals surface area contributed by atoms with Crippen LogP contribution in [0.1, 0.15) is 22.2 Å². The van der Waals surface area contributed by atoms with Gasteiger partial charge >= 0.3 is 0 Å². The lowest BCUT2D eigenvalue weighted by atomic mass is 9.95. The summed E-state index contributed by atoms with van der Waals surface area (Å²) < 4.78 is 11.1. The van der Waals surface area contributed by atoms with Gasteiger partial charge < -0.3 is 29.2 Å². The topological polar surface area (TPSA) is 105 Å². The van der Waals surface area contributed by atoms with Crippen LogP contribution in [0.15, 0.2) is 70.3 Å². The molecule has 1 amide bonds. The fraction of sp³-hybridized carbons (Fsp3) is 0.280. The van der Waals surface area contributed by atoms with Gasteiger partial charge in [0, 0.05) is 5.39 Å². The monoisotopic (exact) mass is 449 g/mol. The Kier molecular flexibility index (Phi) is 5.62. The Morgan fingerprint density at radius 1 is 1.06 bits per heavy atom. The first-order chi connectivity index (χ1) is 16.0. The lowest BCUT2D eigenvalue weighted by Gasteiger charge is -2.30. The molecule has 1 atom stereocenters. The number of aliphatic hydroxyl groups is 1. The maximum atomic E-state index is 13.5. The average molecular weight is 449 g/mol. The van der Waals surface area contributed by atoms with Crippen LogP contribution >= 0.6 is 0 Å². The van der Waals surface area contributed by atoms with Crippen molar-refractivity contribution in [2.75, 3.05) is 39.4 Å². The number of fused-ring (bicyclic) bond motifs is 1. The number of morpholine rings is 1. The number of benzene rings is 2. The molecular weight excluding hydrogens is 424 g/mol. The van der Waals surface area contributed by atoms with E-state index in [9.17, 15) is 19.8 Å². The van der Waals surface area contributed by atoms with E-state index >= 15 is 0 Å². The summed E-state index contributed by atoms with van der Waals surface area (Å²) in [5.41, 5.74) is 1.05. The summed E-state index contributed by atoms with van der Waals surface area (Å²) >= 11 is 0. The largest absolute Gasteiger partial charge is 0.508 e.